The van der Waals surface area contributed by atoms with E-state index in [9.17, 15) is 4.79 Å². The van der Waals surface area contributed by atoms with E-state index < -0.39 is 0 Å². The molecular weight excluding hydrogens is 466 g/mol. The van der Waals surface area contributed by atoms with Gasteiger partial charge in [-0.3, -0.25) is 9.69 Å². The zero-order valence-electron chi connectivity index (χ0n) is 21.6. The van der Waals surface area contributed by atoms with Gasteiger partial charge in [-0.15, -0.1) is 0 Å². The number of benzene rings is 1. The first-order chi connectivity index (χ1) is 18.1. The van der Waals surface area contributed by atoms with Crippen LogP contribution in [-0.4, -0.2) is 88.0 Å². The van der Waals surface area contributed by atoms with Gasteiger partial charge in [0.25, 0.3) is 5.91 Å². The maximum Gasteiger partial charge on any atom is 0.257 e. The average molecular weight is 502 g/mol. The zero-order valence-corrected chi connectivity index (χ0v) is 21.6. The van der Waals surface area contributed by atoms with E-state index in [4.69, 9.17) is 9.97 Å². The molecule has 2 aromatic heterocycles. The van der Waals surface area contributed by atoms with Gasteiger partial charge < -0.3 is 20.4 Å². The molecule has 0 atom stereocenters. The van der Waals surface area contributed by atoms with Gasteiger partial charge in [-0.05, 0) is 57.2 Å². The number of aryl methyl sites for hydroxylation is 1. The third kappa shape index (κ3) is 6.39. The second-order valence-corrected chi connectivity index (χ2v) is 9.66. The van der Waals surface area contributed by atoms with Gasteiger partial charge >= 0.3 is 0 Å². The molecule has 2 aliphatic rings. The summed E-state index contributed by atoms with van der Waals surface area (Å²) in [6.45, 7) is 8.26. The molecule has 5 rings (SSSR count). The zero-order chi connectivity index (χ0) is 25.6. The summed E-state index contributed by atoms with van der Waals surface area (Å²) in [5.41, 5.74) is 1.22. The van der Waals surface area contributed by atoms with E-state index in [1.54, 1.807) is 18.3 Å². The smallest absolute Gasteiger partial charge is 0.257 e. The molecule has 0 saturated carbocycles. The van der Waals surface area contributed by atoms with E-state index in [0.717, 1.165) is 37.7 Å². The highest BCUT2D eigenvalue weighted by Gasteiger charge is 2.27. The molecule has 1 aromatic carbocycles. The number of carbonyl (C=O) groups is 1. The Hall–Kier alpha value is -3.63. The summed E-state index contributed by atoms with van der Waals surface area (Å²) < 4.78 is 0. The summed E-state index contributed by atoms with van der Waals surface area (Å²) in [5, 5.41) is 6.06. The minimum atomic E-state index is -0.208. The van der Waals surface area contributed by atoms with Gasteiger partial charge in [0.2, 0.25) is 11.9 Å². The van der Waals surface area contributed by atoms with Crippen LogP contribution in [0.2, 0.25) is 0 Å². The van der Waals surface area contributed by atoms with E-state index in [1.807, 2.05) is 37.3 Å². The van der Waals surface area contributed by atoms with Gasteiger partial charge in [-0.25, -0.2) is 4.98 Å². The molecule has 1 amide bonds. The number of piperidine rings is 1. The predicted octanol–water partition coefficient (Wildman–Crippen LogP) is 3.04. The number of piperazine rings is 1. The lowest BCUT2D eigenvalue weighted by Gasteiger charge is -2.42. The van der Waals surface area contributed by atoms with Crippen LogP contribution in [0.3, 0.4) is 0 Å². The van der Waals surface area contributed by atoms with Crippen molar-refractivity contribution in [2.45, 2.75) is 32.2 Å². The number of aromatic nitrogens is 4. The molecular formula is C27H35N9O. The summed E-state index contributed by atoms with van der Waals surface area (Å²) in [6, 6.07) is 13.5. The van der Waals surface area contributed by atoms with E-state index in [2.05, 4.69) is 42.3 Å². The van der Waals surface area contributed by atoms with E-state index in [1.165, 1.54) is 25.9 Å². The van der Waals surface area contributed by atoms with Crippen molar-refractivity contribution in [1.82, 2.24) is 29.7 Å². The molecule has 2 saturated heterocycles. The highest BCUT2D eigenvalue weighted by atomic mass is 16.1. The fraction of sp³-hybridized carbons (Fsp3) is 0.444. The van der Waals surface area contributed by atoms with Crippen LogP contribution in [0.4, 0.5) is 23.4 Å². The molecule has 0 aliphatic carbocycles. The van der Waals surface area contributed by atoms with E-state index in [-0.39, 0.29) is 5.91 Å². The minimum Gasteiger partial charge on any atom is -0.338 e. The largest absolute Gasteiger partial charge is 0.338 e. The van der Waals surface area contributed by atoms with Crippen LogP contribution < -0.4 is 15.5 Å². The van der Waals surface area contributed by atoms with Crippen LogP contribution in [0.1, 0.15) is 35.9 Å². The van der Waals surface area contributed by atoms with Crippen LogP contribution in [0.25, 0.3) is 0 Å². The molecule has 10 nitrogen and oxygen atoms in total. The first kappa shape index (κ1) is 25.0. The predicted molar refractivity (Wildman–Crippen MR) is 145 cm³/mol. The van der Waals surface area contributed by atoms with Crippen LogP contribution in [-0.2, 0) is 6.42 Å². The number of amides is 1. The van der Waals surface area contributed by atoms with Crippen molar-refractivity contribution in [2.24, 2.45) is 0 Å². The Labute approximate surface area is 218 Å². The molecule has 2 N–H and O–H groups in total. The molecule has 3 aromatic rings. The van der Waals surface area contributed by atoms with Gasteiger partial charge in [0, 0.05) is 50.5 Å². The van der Waals surface area contributed by atoms with E-state index in [0.29, 0.717) is 35.7 Å². The molecule has 0 unspecified atom stereocenters. The fourth-order valence-electron chi connectivity index (χ4n) is 4.85. The molecule has 4 heterocycles. The van der Waals surface area contributed by atoms with Gasteiger partial charge in [0.15, 0.2) is 0 Å². The topological polar surface area (TPSA) is 102 Å². The number of nitrogens with one attached hydrogen (secondary N) is 2. The third-order valence-corrected chi connectivity index (χ3v) is 7.08. The summed E-state index contributed by atoms with van der Waals surface area (Å²) in [7, 11) is 2.21. The quantitative estimate of drug-likeness (QED) is 0.506. The number of carbonyl (C=O) groups excluding carboxylic acids is 1. The molecule has 2 fully saturated rings. The van der Waals surface area contributed by atoms with Gasteiger partial charge in [-0.2, -0.15) is 15.0 Å². The third-order valence-electron chi connectivity index (χ3n) is 7.08. The molecule has 10 heteroatoms. The average Bonchev–Trinajstić information content (AvgIpc) is 2.94. The highest BCUT2D eigenvalue weighted by Crippen LogP contribution is 2.21. The Morgan fingerprint density at radius 3 is 2.38 bits per heavy atom. The molecule has 37 heavy (non-hydrogen) atoms. The lowest BCUT2D eigenvalue weighted by atomic mass is 10.0. The first-order valence-electron chi connectivity index (χ1n) is 13.1. The van der Waals surface area contributed by atoms with Crippen LogP contribution in [0, 0.1) is 0 Å². The lowest BCUT2D eigenvalue weighted by Crippen LogP contribution is -2.53. The number of para-hydroxylation sites is 1. The molecule has 2 aliphatic heterocycles. The number of hydrogen-bond acceptors (Lipinski definition) is 9. The lowest BCUT2D eigenvalue weighted by molar-refractivity contribution is 0.102. The number of nitrogens with zero attached hydrogens (tertiary/aromatic N) is 7. The molecule has 194 valence electrons. The fourth-order valence-corrected chi connectivity index (χ4v) is 4.85. The number of likely N-dealkylation sites (tertiary alicyclic amines) is 1. The Bertz CT molecular complexity index is 1170. The van der Waals surface area contributed by atoms with Crippen molar-refractivity contribution >= 4 is 29.3 Å². The van der Waals surface area contributed by atoms with Gasteiger partial charge in [0.05, 0.1) is 5.56 Å². The maximum absolute atomic E-state index is 12.5. The maximum atomic E-state index is 12.5. The first-order valence-corrected chi connectivity index (χ1v) is 13.1. The molecule has 0 radical (unpaired) electrons. The Morgan fingerprint density at radius 2 is 1.70 bits per heavy atom. The van der Waals surface area contributed by atoms with Crippen LogP contribution in [0.5, 0.6) is 0 Å². The van der Waals surface area contributed by atoms with Crippen molar-refractivity contribution in [3.63, 3.8) is 0 Å². The minimum absolute atomic E-state index is 0.208. The Kier molecular flexibility index (Phi) is 7.86. The summed E-state index contributed by atoms with van der Waals surface area (Å²) >= 11 is 0. The van der Waals surface area contributed by atoms with Crippen molar-refractivity contribution in [3.8, 4) is 0 Å². The molecule has 0 spiro atoms. The van der Waals surface area contributed by atoms with Crippen molar-refractivity contribution in [1.29, 1.82) is 0 Å². The van der Waals surface area contributed by atoms with Crippen molar-refractivity contribution in [2.75, 3.05) is 61.8 Å². The molecule has 0 bridgehead atoms. The number of rotatable bonds is 7. The standard InChI is InChI=1S/C27H35N9O/c1-3-23-30-26(31-24-10-9-20(19-28-24)25(37)29-21-7-5-4-6-8-21)33-27(32-23)36-17-15-35(16-18-36)22-11-13-34(2)14-12-22/h4-10,19,22H,3,11-18H2,1-2H3,(H,29,37)(H,28,30,31,32,33). The van der Waals surface area contributed by atoms with Crippen LogP contribution in [0.15, 0.2) is 48.7 Å². The number of anilines is 4. The van der Waals surface area contributed by atoms with E-state index >= 15 is 0 Å². The van der Waals surface area contributed by atoms with Crippen molar-refractivity contribution in [3.05, 3.63) is 60.0 Å². The number of pyridine rings is 1. The second kappa shape index (κ2) is 11.6. The number of hydrogen-bond donors (Lipinski definition) is 2. The Morgan fingerprint density at radius 1 is 0.946 bits per heavy atom. The normalized spacial score (nSPS) is 17.5. The summed E-state index contributed by atoms with van der Waals surface area (Å²) in [4.78, 5) is 38.2. The van der Waals surface area contributed by atoms with Crippen molar-refractivity contribution < 1.29 is 4.79 Å². The monoisotopic (exact) mass is 501 g/mol. The second-order valence-electron chi connectivity index (χ2n) is 9.66. The Balaban J connectivity index is 1.21. The van der Waals surface area contributed by atoms with Crippen LogP contribution >= 0.6 is 0 Å². The SMILES string of the molecule is CCc1nc(Nc2ccc(C(=O)Nc3ccccc3)cn2)nc(N2CCN(C3CCN(C)CC3)CC2)n1. The summed E-state index contributed by atoms with van der Waals surface area (Å²) in [6.07, 6.45) is 4.75. The summed E-state index contributed by atoms with van der Waals surface area (Å²) in [5.74, 6) is 2.27. The highest BCUT2D eigenvalue weighted by molar-refractivity contribution is 6.04. The van der Waals surface area contributed by atoms with Gasteiger partial charge in [-0.1, -0.05) is 25.1 Å². The van der Waals surface area contributed by atoms with Gasteiger partial charge in [0.1, 0.15) is 11.6 Å².